The highest BCUT2D eigenvalue weighted by molar-refractivity contribution is 7.95. The Bertz CT molecular complexity index is 1680. The minimum absolute atomic E-state index is 0.0423. The van der Waals surface area contributed by atoms with Gasteiger partial charge in [-0.1, -0.05) is 102 Å². The van der Waals surface area contributed by atoms with Gasteiger partial charge in [-0.3, -0.25) is 0 Å². The number of rotatable bonds is 10. The van der Waals surface area contributed by atoms with Crippen LogP contribution in [-0.4, -0.2) is 16.8 Å². The van der Waals surface area contributed by atoms with Crippen LogP contribution in [0.4, 0.5) is 0 Å². The predicted octanol–water partition coefficient (Wildman–Crippen LogP) is 6.78. The fourth-order valence-electron chi connectivity index (χ4n) is 4.34. The molecule has 0 radical (unpaired) electrons. The standard InChI is InChI=1S/C32H31NO4S2/c1-4-11-30(26-12-7-5-8-13-26)32(38(34,35)28-20-16-24(2)17-21-28)31(27-14-9-6-10-15-27)33-39(36,37)29-22-18-25(3)19-23-29/h4-10,12-23,31,33H,1,11H2,2-3H3/b32-30-. The molecule has 0 fully saturated rings. The first kappa shape index (κ1) is 28.2. The maximum absolute atomic E-state index is 14.5. The predicted molar refractivity (Wildman–Crippen MR) is 157 cm³/mol. The van der Waals surface area contributed by atoms with E-state index in [0.717, 1.165) is 11.1 Å². The number of benzene rings is 4. The van der Waals surface area contributed by atoms with Crippen LogP contribution >= 0.6 is 0 Å². The molecule has 200 valence electrons. The number of sulfonamides is 1. The maximum atomic E-state index is 14.5. The van der Waals surface area contributed by atoms with E-state index in [1.54, 1.807) is 72.8 Å². The van der Waals surface area contributed by atoms with Crippen LogP contribution in [0.15, 0.2) is 137 Å². The highest BCUT2D eigenvalue weighted by Gasteiger charge is 2.35. The van der Waals surface area contributed by atoms with Crippen LogP contribution in [-0.2, 0) is 19.9 Å². The van der Waals surface area contributed by atoms with Gasteiger partial charge in [0.1, 0.15) is 0 Å². The average Bonchev–Trinajstić information content (AvgIpc) is 2.93. The molecule has 0 heterocycles. The second-order valence-electron chi connectivity index (χ2n) is 9.30. The van der Waals surface area contributed by atoms with E-state index in [9.17, 15) is 16.8 Å². The zero-order valence-electron chi connectivity index (χ0n) is 21.9. The minimum atomic E-state index is -4.19. The summed E-state index contributed by atoms with van der Waals surface area (Å²) in [6.45, 7) is 7.62. The maximum Gasteiger partial charge on any atom is 0.241 e. The summed E-state index contributed by atoms with van der Waals surface area (Å²) in [5.74, 6) is 0. The van der Waals surface area contributed by atoms with Crippen molar-refractivity contribution >= 4 is 25.4 Å². The molecule has 0 aromatic heterocycles. The Hall–Kier alpha value is -3.78. The van der Waals surface area contributed by atoms with Crippen molar-refractivity contribution in [2.75, 3.05) is 0 Å². The van der Waals surface area contributed by atoms with E-state index in [1.165, 1.54) is 12.1 Å². The van der Waals surface area contributed by atoms with Crippen molar-refractivity contribution in [2.24, 2.45) is 0 Å². The van der Waals surface area contributed by atoms with Gasteiger partial charge in [0, 0.05) is 0 Å². The normalized spacial score (nSPS) is 13.4. The van der Waals surface area contributed by atoms with Crippen molar-refractivity contribution in [3.8, 4) is 0 Å². The molecule has 1 N–H and O–H groups in total. The van der Waals surface area contributed by atoms with Crippen LogP contribution in [0.2, 0.25) is 0 Å². The largest absolute Gasteiger partial charge is 0.241 e. The molecule has 1 unspecified atom stereocenters. The third-order valence-corrected chi connectivity index (χ3v) is 9.78. The van der Waals surface area contributed by atoms with E-state index in [2.05, 4.69) is 11.3 Å². The number of aryl methyl sites for hydroxylation is 2. The third-order valence-electron chi connectivity index (χ3n) is 6.39. The summed E-state index contributed by atoms with van der Waals surface area (Å²) in [5, 5.41) is 0. The zero-order chi connectivity index (χ0) is 28.0. The molecule has 4 aromatic rings. The van der Waals surface area contributed by atoms with Crippen LogP contribution in [0.5, 0.6) is 0 Å². The Morgan fingerprint density at radius 3 is 1.72 bits per heavy atom. The molecule has 0 saturated heterocycles. The lowest BCUT2D eigenvalue weighted by atomic mass is 9.97. The molecule has 0 aliphatic heterocycles. The topological polar surface area (TPSA) is 80.3 Å². The lowest BCUT2D eigenvalue weighted by molar-refractivity contribution is 0.569. The molecular weight excluding hydrogens is 526 g/mol. The first-order valence-electron chi connectivity index (χ1n) is 12.5. The van der Waals surface area contributed by atoms with Gasteiger partial charge in [-0.15, -0.1) is 6.58 Å². The van der Waals surface area contributed by atoms with Crippen molar-refractivity contribution in [3.63, 3.8) is 0 Å². The number of sulfone groups is 1. The van der Waals surface area contributed by atoms with E-state index in [4.69, 9.17) is 0 Å². The molecule has 4 rings (SSSR count). The molecule has 0 saturated carbocycles. The molecular formula is C32H31NO4S2. The van der Waals surface area contributed by atoms with E-state index in [0.29, 0.717) is 16.7 Å². The monoisotopic (exact) mass is 557 g/mol. The summed E-state index contributed by atoms with van der Waals surface area (Å²) < 4.78 is 59.1. The van der Waals surface area contributed by atoms with Gasteiger partial charge >= 0.3 is 0 Å². The van der Waals surface area contributed by atoms with Gasteiger partial charge in [0.05, 0.1) is 20.7 Å². The molecule has 0 bridgehead atoms. The highest BCUT2D eigenvalue weighted by Crippen LogP contribution is 2.39. The van der Waals surface area contributed by atoms with Crippen LogP contribution in [0.1, 0.15) is 34.7 Å². The molecule has 4 aromatic carbocycles. The SMILES string of the molecule is C=CC/C(=C(\C(NS(=O)(=O)c1ccc(C)cc1)c1ccccc1)S(=O)(=O)c1ccc(C)cc1)c1ccccc1. The molecule has 7 heteroatoms. The van der Waals surface area contributed by atoms with E-state index >= 15 is 0 Å². The Morgan fingerprint density at radius 1 is 0.718 bits per heavy atom. The molecule has 0 aliphatic rings. The molecule has 0 spiro atoms. The zero-order valence-corrected chi connectivity index (χ0v) is 23.5. The van der Waals surface area contributed by atoms with E-state index in [-0.39, 0.29) is 21.1 Å². The Balaban J connectivity index is 2.05. The molecule has 0 amide bonds. The lowest BCUT2D eigenvalue weighted by Gasteiger charge is -2.26. The summed E-state index contributed by atoms with van der Waals surface area (Å²) in [4.78, 5) is 0.0847. The molecule has 0 aliphatic carbocycles. The van der Waals surface area contributed by atoms with Gasteiger partial charge in [-0.25, -0.2) is 16.8 Å². The fraction of sp³-hybridized carbons (Fsp3) is 0.125. The van der Waals surface area contributed by atoms with Crippen LogP contribution in [0.25, 0.3) is 5.57 Å². The van der Waals surface area contributed by atoms with Gasteiger partial charge in [-0.2, -0.15) is 4.72 Å². The first-order valence-corrected chi connectivity index (χ1v) is 15.4. The number of allylic oxidation sites excluding steroid dienone is 2. The van der Waals surface area contributed by atoms with E-state index in [1.807, 2.05) is 44.2 Å². The molecule has 1 atom stereocenters. The van der Waals surface area contributed by atoms with Gasteiger partial charge in [-0.05, 0) is 61.2 Å². The second kappa shape index (κ2) is 11.9. The van der Waals surface area contributed by atoms with Crippen LogP contribution < -0.4 is 4.72 Å². The Morgan fingerprint density at radius 2 is 1.21 bits per heavy atom. The van der Waals surface area contributed by atoms with Gasteiger partial charge in [0.15, 0.2) is 0 Å². The summed E-state index contributed by atoms with van der Waals surface area (Å²) in [5.41, 5.74) is 3.45. The van der Waals surface area contributed by atoms with Crippen LogP contribution in [0, 0.1) is 13.8 Å². The Labute approximate surface area is 231 Å². The first-order chi connectivity index (χ1) is 18.6. The summed E-state index contributed by atoms with van der Waals surface area (Å²) in [6, 6.07) is 29.7. The Kier molecular flexibility index (Phi) is 8.65. The van der Waals surface area contributed by atoms with Gasteiger partial charge < -0.3 is 0 Å². The minimum Gasteiger partial charge on any atom is -0.219 e. The summed E-state index contributed by atoms with van der Waals surface area (Å²) in [7, 11) is -8.31. The average molecular weight is 558 g/mol. The van der Waals surface area contributed by atoms with Crippen molar-refractivity contribution in [1.82, 2.24) is 4.72 Å². The molecule has 39 heavy (non-hydrogen) atoms. The van der Waals surface area contributed by atoms with Crippen molar-refractivity contribution in [2.45, 2.75) is 36.1 Å². The summed E-state index contributed by atoms with van der Waals surface area (Å²) in [6.07, 6.45) is 1.84. The quantitative estimate of drug-likeness (QED) is 0.218. The van der Waals surface area contributed by atoms with Gasteiger partial charge in [0.25, 0.3) is 0 Å². The number of hydrogen-bond acceptors (Lipinski definition) is 4. The highest BCUT2D eigenvalue weighted by atomic mass is 32.2. The number of nitrogens with one attached hydrogen (secondary N) is 1. The van der Waals surface area contributed by atoms with Crippen LogP contribution in [0.3, 0.4) is 0 Å². The fourth-order valence-corrected chi connectivity index (χ4v) is 7.39. The lowest BCUT2D eigenvalue weighted by Crippen LogP contribution is -2.33. The smallest absolute Gasteiger partial charge is 0.219 e. The second-order valence-corrected chi connectivity index (χ2v) is 12.9. The van der Waals surface area contributed by atoms with Crippen molar-refractivity contribution in [3.05, 3.63) is 149 Å². The molecule has 5 nitrogen and oxygen atoms in total. The number of hydrogen-bond donors (Lipinski definition) is 1. The van der Waals surface area contributed by atoms with Crippen molar-refractivity contribution in [1.29, 1.82) is 0 Å². The van der Waals surface area contributed by atoms with Crippen molar-refractivity contribution < 1.29 is 16.8 Å². The van der Waals surface area contributed by atoms with E-state index < -0.39 is 25.9 Å². The summed E-state index contributed by atoms with van der Waals surface area (Å²) >= 11 is 0. The third kappa shape index (κ3) is 6.45. The van der Waals surface area contributed by atoms with Gasteiger partial charge in [0.2, 0.25) is 19.9 Å².